The number of nitrogens with two attached hydrogens (primary N) is 1. The van der Waals surface area contributed by atoms with Crippen LogP contribution in [-0.4, -0.2) is 17.7 Å². The molecular weight excluding hydrogens is 256 g/mol. The van der Waals surface area contributed by atoms with Gasteiger partial charge in [0.05, 0.1) is 8.96 Å². The highest BCUT2D eigenvalue weighted by molar-refractivity contribution is 6.01. The maximum atomic E-state index is 13.6. The van der Waals surface area contributed by atoms with Gasteiger partial charge >= 0.3 is 11.8 Å². The number of halogens is 4. The van der Waals surface area contributed by atoms with E-state index in [4.69, 9.17) is 5.73 Å². The van der Waals surface area contributed by atoms with Crippen LogP contribution >= 0.6 is 0 Å². The van der Waals surface area contributed by atoms with E-state index >= 15 is 0 Å². The summed E-state index contributed by atoms with van der Waals surface area (Å²) < 4.78 is 52.5. The molecule has 0 aliphatic carbocycles. The number of nitrogens with zero attached hydrogens (tertiary/aromatic N) is 1. The zero-order chi connectivity index (χ0) is 14.1. The van der Waals surface area contributed by atoms with Crippen molar-refractivity contribution in [2.75, 3.05) is 0 Å². The Kier molecular flexibility index (Phi) is 3.43. The lowest BCUT2D eigenvalue weighted by Gasteiger charge is -2.15. The molecule has 0 heterocycles. The van der Waals surface area contributed by atoms with E-state index in [2.05, 4.69) is 0 Å². The molecule has 1 aromatic carbocycles. The van der Waals surface area contributed by atoms with Crippen LogP contribution in [0.2, 0.25) is 0 Å². The molecule has 98 valence electrons. The summed E-state index contributed by atoms with van der Waals surface area (Å²) >= 11 is 0. The number of primary amides is 1. The van der Waals surface area contributed by atoms with Gasteiger partial charge in [-0.1, -0.05) is 12.1 Å². The summed E-state index contributed by atoms with van der Waals surface area (Å²) in [7, 11) is 0. The number of carbonyl (C=O) groups is 2. The molecule has 18 heavy (non-hydrogen) atoms. The Morgan fingerprint density at radius 2 is 1.72 bits per heavy atom. The first-order valence-corrected chi connectivity index (χ1v) is 4.69. The highest BCUT2D eigenvalue weighted by Gasteiger charge is 2.58. The lowest BCUT2D eigenvalue weighted by molar-refractivity contribution is -0.204. The summed E-state index contributed by atoms with van der Waals surface area (Å²) in [5, 5.41) is 0. The maximum Gasteiger partial charge on any atom is 0.465 e. The van der Waals surface area contributed by atoms with Gasteiger partial charge < -0.3 is 5.73 Å². The molecule has 1 aromatic rings. The summed E-state index contributed by atoms with van der Waals surface area (Å²) in [4.78, 5) is 18.2. The second kappa shape index (κ2) is 4.37. The number of rotatable bonds is 3. The van der Waals surface area contributed by atoms with E-state index in [1.54, 1.807) is 0 Å². The lowest BCUT2D eigenvalue weighted by atomic mass is 10.1. The van der Waals surface area contributed by atoms with Crippen molar-refractivity contribution in [2.45, 2.75) is 12.8 Å². The van der Waals surface area contributed by atoms with Crippen LogP contribution in [0, 0.1) is 0 Å². The average Bonchev–Trinajstić information content (AvgIpc) is 2.26. The van der Waals surface area contributed by atoms with Crippen LogP contribution < -0.4 is 10.7 Å². The molecule has 1 rings (SSSR count). The van der Waals surface area contributed by atoms with Crippen molar-refractivity contribution in [1.29, 1.82) is 0 Å². The van der Waals surface area contributed by atoms with E-state index in [1.807, 2.05) is 0 Å². The van der Waals surface area contributed by atoms with Crippen molar-refractivity contribution in [1.82, 2.24) is 4.93 Å². The molecule has 8 heteroatoms. The van der Waals surface area contributed by atoms with E-state index in [9.17, 15) is 27.3 Å². The van der Waals surface area contributed by atoms with Gasteiger partial charge in [0.25, 0.3) is 5.91 Å². The molecular formula is C10H9F4N2O2+. The largest absolute Gasteiger partial charge is 0.465 e. The number of hydrogen-bond acceptors (Lipinski definition) is 2. The van der Waals surface area contributed by atoms with Gasteiger partial charge in [-0.3, -0.25) is 4.79 Å². The van der Waals surface area contributed by atoms with Crippen LogP contribution in [0.1, 0.15) is 17.3 Å². The standard InChI is InChI=1S/C10H8F4N2O2/c1-10(11,12)9(18)16(13,14)7-5-3-2-4-6(7)8(15)17/h2-5H,1H3,(H-,15,17)/p+1. The third-order valence-electron chi connectivity index (χ3n) is 2.10. The van der Waals surface area contributed by atoms with Crippen LogP contribution in [0.15, 0.2) is 24.3 Å². The van der Waals surface area contributed by atoms with Crippen molar-refractivity contribution in [3.63, 3.8) is 0 Å². The fraction of sp³-hybridized carbons (Fsp3) is 0.200. The molecule has 0 spiro atoms. The van der Waals surface area contributed by atoms with Gasteiger partial charge in [0.2, 0.25) is 5.69 Å². The molecule has 0 bridgehead atoms. The molecule has 2 N–H and O–H groups in total. The second-order valence-corrected chi connectivity index (χ2v) is 3.59. The van der Waals surface area contributed by atoms with Crippen molar-refractivity contribution in [2.24, 2.45) is 5.73 Å². The number of hydrogen-bond donors (Lipinski definition) is 1. The predicted octanol–water partition coefficient (Wildman–Crippen LogP) is 2.04. The Morgan fingerprint density at radius 1 is 1.22 bits per heavy atom. The predicted molar refractivity (Wildman–Crippen MR) is 54.6 cm³/mol. The molecule has 0 radical (unpaired) electrons. The SMILES string of the molecule is CC(F)(F)C(=O)[N+](F)(F)c1ccccc1C(N)=O. The molecule has 2 amide bonds. The Hall–Kier alpha value is -1.96. The summed E-state index contributed by atoms with van der Waals surface area (Å²) in [6, 6.07) is 3.90. The van der Waals surface area contributed by atoms with Gasteiger partial charge in [-0.15, -0.1) is 0 Å². The summed E-state index contributed by atoms with van der Waals surface area (Å²) in [5.74, 6) is -8.12. The first kappa shape index (κ1) is 14.1. The Bertz CT molecular complexity index is 497. The summed E-state index contributed by atoms with van der Waals surface area (Å²) in [5.41, 5.74) is 2.96. The summed E-state index contributed by atoms with van der Waals surface area (Å²) in [6.45, 7) is 0.0500. The first-order chi connectivity index (χ1) is 8.08. The Morgan fingerprint density at radius 3 is 2.17 bits per heavy atom. The van der Waals surface area contributed by atoms with E-state index in [0.29, 0.717) is 6.07 Å². The number of benzene rings is 1. The van der Waals surface area contributed by atoms with Gasteiger partial charge in [-0.2, -0.15) is 8.78 Å². The minimum Gasteiger partial charge on any atom is -0.365 e. The van der Waals surface area contributed by atoms with Crippen LogP contribution in [-0.2, 0) is 4.79 Å². The van der Waals surface area contributed by atoms with Crippen molar-refractivity contribution in [3.05, 3.63) is 29.8 Å². The number of para-hydroxylation sites is 1. The normalized spacial score (nSPS) is 12.3. The third-order valence-corrected chi connectivity index (χ3v) is 2.10. The molecule has 0 aliphatic rings. The van der Waals surface area contributed by atoms with Gasteiger partial charge in [0, 0.05) is 13.0 Å². The molecule has 4 nitrogen and oxygen atoms in total. The zero-order valence-electron chi connectivity index (χ0n) is 9.16. The minimum absolute atomic E-state index is 0.0500. The molecule has 0 atom stereocenters. The Labute approximate surface area is 99.1 Å². The van der Waals surface area contributed by atoms with Crippen LogP contribution in [0.5, 0.6) is 0 Å². The monoisotopic (exact) mass is 265 g/mol. The van der Waals surface area contributed by atoms with E-state index in [1.165, 1.54) is 6.07 Å². The number of carbonyl (C=O) groups excluding carboxylic acids is 2. The van der Waals surface area contributed by atoms with Crippen molar-refractivity contribution >= 4 is 17.5 Å². The van der Waals surface area contributed by atoms with Crippen LogP contribution in [0.3, 0.4) is 0 Å². The van der Waals surface area contributed by atoms with Crippen molar-refractivity contribution in [3.8, 4) is 0 Å². The van der Waals surface area contributed by atoms with Crippen LogP contribution in [0.4, 0.5) is 23.4 Å². The van der Waals surface area contributed by atoms with E-state index in [0.717, 1.165) is 12.1 Å². The molecule has 0 fully saturated rings. The number of quaternary nitrogens is 1. The van der Waals surface area contributed by atoms with Gasteiger partial charge in [-0.25, -0.2) is 4.79 Å². The maximum absolute atomic E-state index is 13.6. The number of alkyl halides is 2. The van der Waals surface area contributed by atoms with Gasteiger partial charge in [-0.05, 0) is 6.07 Å². The molecule has 0 aromatic heterocycles. The fourth-order valence-corrected chi connectivity index (χ4v) is 1.28. The highest BCUT2D eigenvalue weighted by atomic mass is 19.4. The van der Waals surface area contributed by atoms with Crippen LogP contribution in [0.25, 0.3) is 0 Å². The zero-order valence-corrected chi connectivity index (χ0v) is 9.16. The average molecular weight is 265 g/mol. The second-order valence-electron chi connectivity index (χ2n) is 3.59. The molecule has 0 saturated carbocycles. The minimum atomic E-state index is -4.24. The summed E-state index contributed by atoms with van der Waals surface area (Å²) in [6.07, 6.45) is 0. The smallest absolute Gasteiger partial charge is 0.365 e. The molecule has 0 aliphatic heterocycles. The highest BCUT2D eigenvalue weighted by Crippen LogP contribution is 2.33. The Balaban J connectivity index is 3.37. The topological polar surface area (TPSA) is 60.2 Å². The van der Waals surface area contributed by atoms with E-state index < -0.39 is 33.9 Å². The number of amides is 2. The van der Waals surface area contributed by atoms with E-state index in [-0.39, 0.29) is 6.92 Å². The molecule has 0 unspecified atom stereocenters. The third kappa shape index (κ3) is 2.48. The quantitative estimate of drug-likeness (QED) is 0.671. The fourth-order valence-electron chi connectivity index (χ4n) is 1.28. The van der Waals surface area contributed by atoms with Gasteiger partial charge in [0.1, 0.15) is 5.56 Å². The first-order valence-electron chi connectivity index (χ1n) is 4.69. The van der Waals surface area contributed by atoms with Gasteiger partial charge in [0.15, 0.2) is 4.93 Å². The molecule has 0 saturated heterocycles. The van der Waals surface area contributed by atoms with Crippen molar-refractivity contribution < 1.29 is 27.3 Å². The lowest BCUT2D eigenvalue weighted by Crippen LogP contribution is -2.48.